The van der Waals surface area contributed by atoms with Gasteiger partial charge in [0.15, 0.2) is 0 Å². The first-order valence-corrected chi connectivity index (χ1v) is 5.49. The summed E-state index contributed by atoms with van der Waals surface area (Å²) in [5.41, 5.74) is 11.0. The van der Waals surface area contributed by atoms with Gasteiger partial charge in [-0.1, -0.05) is 12.1 Å². The summed E-state index contributed by atoms with van der Waals surface area (Å²) in [7, 11) is 0. The molecular weight excluding hydrogens is 234 g/mol. The zero-order valence-electron chi connectivity index (χ0n) is 10.2. The molecule has 0 saturated heterocycles. The number of primary amides is 2. The zero-order chi connectivity index (χ0) is 13.7. The van der Waals surface area contributed by atoms with Gasteiger partial charge in [0.1, 0.15) is 5.75 Å². The molecule has 1 rings (SSSR count). The van der Waals surface area contributed by atoms with Crippen molar-refractivity contribution in [1.82, 2.24) is 4.90 Å². The fourth-order valence-electron chi connectivity index (χ4n) is 1.73. The maximum absolute atomic E-state index is 11.0. The molecular formula is C12H17N3O3. The minimum Gasteiger partial charge on any atom is -0.508 e. The minimum atomic E-state index is -0.539. The van der Waals surface area contributed by atoms with Crippen LogP contribution in [0, 0.1) is 0 Å². The molecule has 0 spiro atoms. The van der Waals surface area contributed by atoms with Crippen LogP contribution in [-0.2, 0) is 9.59 Å². The van der Waals surface area contributed by atoms with Crippen LogP contribution in [0.15, 0.2) is 24.3 Å². The van der Waals surface area contributed by atoms with Crippen molar-refractivity contribution in [1.29, 1.82) is 0 Å². The van der Waals surface area contributed by atoms with Gasteiger partial charge in [-0.2, -0.15) is 0 Å². The van der Waals surface area contributed by atoms with Crippen LogP contribution in [0.25, 0.3) is 0 Å². The third-order valence-corrected chi connectivity index (χ3v) is 2.62. The Kier molecular flexibility index (Phi) is 4.67. The van der Waals surface area contributed by atoms with E-state index in [2.05, 4.69) is 0 Å². The van der Waals surface area contributed by atoms with E-state index in [1.807, 2.05) is 0 Å². The fourth-order valence-corrected chi connectivity index (χ4v) is 1.73. The van der Waals surface area contributed by atoms with Gasteiger partial charge in [-0.05, 0) is 24.6 Å². The van der Waals surface area contributed by atoms with Crippen LogP contribution in [0.4, 0.5) is 0 Å². The van der Waals surface area contributed by atoms with Gasteiger partial charge >= 0.3 is 0 Å². The van der Waals surface area contributed by atoms with Gasteiger partial charge in [-0.15, -0.1) is 0 Å². The maximum atomic E-state index is 11.0. The molecule has 0 bridgehead atoms. The molecule has 18 heavy (non-hydrogen) atoms. The van der Waals surface area contributed by atoms with E-state index in [1.165, 1.54) is 0 Å². The Labute approximate surface area is 105 Å². The lowest BCUT2D eigenvalue weighted by Crippen LogP contribution is -2.41. The predicted octanol–water partition coefficient (Wildman–Crippen LogP) is -0.274. The van der Waals surface area contributed by atoms with E-state index in [9.17, 15) is 14.7 Å². The molecule has 2 amide bonds. The van der Waals surface area contributed by atoms with E-state index in [-0.39, 0.29) is 24.9 Å². The molecule has 1 atom stereocenters. The molecule has 6 nitrogen and oxygen atoms in total. The molecule has 0 heterocycles. The summed E-state index contributed by atoms with van der Waals surface area (Å²) in [4.78, 5) is 23.5. The van der Waals surface area contributed by atoms with E-state index in [4.69, 9.17) is 11.5 Å². The molecule has 0 fully saturated rings. The molecule has 1 aromatic rings. The Hall–Kier alpha value is -2.08. The molecule has 0 radical (unpaired) electrons. The average Bonchev–Trinajstić information content (AvgIpc) is 2.26. The van der Waals surface area contributed by atoms with Crippen molar-refractivity contribution in [2.45, 2.75) is 13.0 Å². The Morgan fingerprint density at radius 1 is 1.28 bits per heavy atom. The summed E-state index contributed by atoms with van der Waals surface area (Å²) in [5.74, 6) is -0.955. The monoisotopic (exact) mass is 251 g/mol. The quantitative estimate of drug-likeness (QED) is 0.646. The minimum absolute atomic E-state index is 0.0697. The van der Waals surface area contributed by atoms with Crippen molar-refractivity contribution in [3.05, 3.63) is 29.8 Å². The first-order valence-electron chi connectivity index (χ1n) is 5.49. The van der Waals surface area contributed by atoms with Crippen molar-refractivity contribution in [2.24, 2.45) is 11.5 Å². The number of rotatable bonds is 6. The number of hydrogen-bond acceptors (Lipinski definition) is 4. The normalized spacial score (nSPS) is 12.3. The standard InChI is InChI=1S/C12H17N3O3/c1-8(9-3-2-4-10(16)5-9)15(6-11(13)17)7-12(14)18/h2-5,8,16H,6-7H2,1H3,(H2,13,17)(H2,14,18). The Morgan fingerprint density at radius 3 is 2.28 bits per heavy atom. The van der Waals surface area contributed by atoms with Crippen LogP contribution >= 0.6 is 0 Å². The Balaban J connectivity index is 2.90. The van der Waals surface area contributed by atoms with Crippen molar-refractivity contribution in [3.63, 3.8) is 0 Å². The second-order valence-electron chi connectivity index (χ2n) is 4.11. The molecule has 5 N–H and O–H groups in total. The smallest absolute Gasteiger partial charge is 0.231 e. The fraction of sp³-hybridized carbons (Fsp3) is 0.333. The molecule has 0 aliphatic carbocycles. The van der Waals surface area contributed by atoms with E-state index in [1.54, 1.807) is 36.1 Å². The van der Waals surface area contributed by atoms with Crippen molar-refractivity contribution >= 4 is 11.8 Å². The molecule has 6 heteroatoms. The van der Waals surface area contributed by atoms with Crippen molar-refractivity contribution in [2.75, 3.05) is 13.1 Å². The number of carbonyl (C=O) groups is 2. The van der Waals surface area contributed by atoms with E-state index < -0.39 is 11.8 Å². The third-order valence-electron chi connectivity index (χ3n) is 2.62. The largest absolute Gasteiger partial charge is 0.508 e. The number of amides is 2. The van der Waals surface area contributed by atoms with Crippen molar-refractivity contribution in [3.8, 4) is 5.75 Å². The van der Waals surface area contributed by atoms with Crippen LogP contribution in [0.5, 0.6) is 5.75 Å². The van der Waals surface area contributed by atoms with Gasteiger partial charge in [0, 0.05) is 6.04 Å². The summed E-state index contributed by atoms with van der Waals surface area (Å²) < 4.78 is 0. The number of benzene rings is 1. The first-order chi connectivity index (χ1) is 8.40. The predicted molar refractivity (Wildman–Crippen MR) is 66.5 cm³/mol. The Bertz CT molecular complexity index is 432. The average molecular weight is 251 g/mol. The lowest BCUT2D eigenvalue weighted by atomic mass is 10.1. The van der Waals surface area contributed by atoms with Crippen LogP contribution < -0.4 is 11.5 Å². The number of nitrogens with zero attached hydrogens (tertiary/aromatic N) is 1. The van der Waals surface area contributed by atoms with Crippen LogP contribution in [0.3, 0.4) is 0 Å². The number of phenols is 1. The highest BCUT2D eigenvalue weighted by Gasteiger charge is 2.19. The topological polar surface area (TPSA) is 110 Å². The molecule has 1 aromatic carbocycles. The highest BCUT2D eigenvalue weighted by molar-refractivity contribution is 5.79. The Morgan fingerprint density at radius 2 is 1.83 bits per heavy atom. The highest BCUT2D eigenvalue weighted by Crippen LogP contribution is 2.22. The molecule has 98 valence electrons. The number of carbonyl (C=O) groups excluding carboxylic acids is 2. The van der Waals surface area contributed by atoms with Gasteiger partial charge < -0.3 is 16.6 Å². The number of phenolic OH excluding ortho intramolecular Hbond substituents is 1. The van der Waals surface area contributed by atoms with E-state index in [0.29, 0.717) is 0 Å². The number of nitrogens with two attached hydrogens (primary N) is 2. The van der Waals surface area contributed by atoms with E-state index in [0.717, 1.165) is 5.56 Å². The second-order valence-corrected chi connectivity index (χ2v) is 4.11. The molecule has 0 aromatic heterocycles. The van der Waals surface area contributed by atoms with Gasteiger partial charge in [0.05, 0.1) is 13.1 Å². The van der Waals surface area contributed by atoms with Crippen LogP contribution in [-0.4, -0.2) is 34.9 Å². The SMILES string of the molecule is CC(c1cccc(O)c1)N(CC(N)=O)CC(N)=O. The van der Waals surface area contributed by atoms with Crippen molar-refractivity contribution < 1.29 is 14.7 Å². The van der Waals surface area contributed by atoms with E-state index >= 15 is 0 Å². The molecule has 0 saturated carbocycles. The summed E-state index contributed by atoms with van der Waals surface area (Å²) in [5, 5.41) is 9.41. The lowest BCUT2D eigenvalue weighted by Gasteiger charge is -2.26. The van der Waals surface area contributed by atoms with Gasteiger partial charge in [-0.3, -0.25) is 14.5 Å². The number of hydrogen-bond donors (Lipinski definition) is 3. The summed E-state index contributed by atoms with van der Waals surface area (Å²) in [6, 6.07) is 6.34. The number of aromatic hydroxyl groups is 1. The first kappa shape index (κ1) is 14.0. The molecule has 0 aliphatic rings. The molecule has 0 aliphatic heterocycles. The van der Waals surface area contributed by atoms with Crippen LogP contribution in [0.1, 0.15) is 18.5 Å². The molecule has 1 unspecified atom stereocenters. The lowest BCUT2D eigenvalue weighted by molar-refractivity contribution is -0.122. The third kappa shape index (κ3) is 4.06. The second kappa shape index (κ2) is 6.02. The maximum Gasteiger partial charge on any atom is 0.231 e. The van der Waals surface area contributed by atoms with Gasteiger partial charge in [0.2, 0.25) is 11.8 Å². The summed E-state index contributed by atoms with van der Waals surface area (Å²) in [6.45, 7) is 1.67. The van der Waals surface area contributed by atoms with Gasteiger partial charge in [0.25, 0.3) is 0 Å². The summed E-state index contributed by atoms with van der Waals surface area (Å²) >= 11 is 0. The van der Waals surface area contributed by atoms with Crippen LogP contribution in [0.2, 0.25) is 0 Å². The highest BCUT2D eigenvalue weighted by atomic mass is 16.3. The summed E-state index contributed by atoms with van der Waals surface area (Å²) in [6.07, 6.45) is 0. The zero-order valence-corrected chi connectivity index (χ0v) is 10.2. The van der Waals surface area contributed by atoms with Gasteiger partial charge in [-0.25, -0.2) is 0 Å².